The third kappa shape index (κ3) is 3.84. The summed E-state index contributed by atoms with van der Waals surface area (Å²) in [7, 11) is 3.73. The second-order valence-corrected chi connectivity index (χ2v) is 6.22. The van der Waals surface area contributed by atoms with Crippen LogP contribution in [0.3, 0.4) is 0 Å². The third-order valence-electron chi connectivity index (χ3n) is 4.07. The molecule has 6 heteroatoms. The number of amides is 1. The minimum atomic E-state index is -0.167. The van der Waals surface area contributed by atoms with Gasteiger partial charge in [-0.1, -0.05) is 6.07 Å². The van der Waals surface area contributed by atoms with Crippen molar-refractivity contribution in [3.05, 3.63) is 47.7 Å². The van der Waals surface area contributed by atoms with Crippen LogP contribution >= 0.6 is 0 Å². The summed E-state index contributed by atoms with van der Waals surface area (Å²) in [6.45, 7) is 3.24. The molecule has 0 saturated carbocycles. The number of benzene rings is 1. The molecule has 1 aromatic carbocycles. The van der Waals surface area contributed by atoms with Gasteiger partial charge < -0.3 is 19.7 Å². The van der Waals surface area contributed by atoms with E-state index >= 15 is 0 Å². The molecule has 1 unspecified atom stereocenters. The van der Waals surface area contributed by atoms with Crippen molar-refractivity contribution in [3.8, 4) is 11.5 Å². The van der Waals surface area contributed by atoms with E-state index in [1.165, 1.54) is 0 Å². The quantitative estimate of drug-likeness (QED) is 0.926. The summed E-state index contributed by atoms with van der Waals surface area (Å²) in [6.07, 6.45) is 2.55. The van der Waals surface area contributed by atoms with E-state index < -0.39 is 0 Å². The van der Waals surface area contributed by atoms with Crippen molar-refractivity contribution < 1.29 is 14.3 Å². The Bertz CT molecular complexity index is 761. The van der Waals surface area contributed by atoms with Gasteiger partial charge in [0.15, 0.2) is 11.5 Å². The molecule has 1 aromatic heterocycles. The lowest BCUT2D eigenvalue weighted by atomic mass is 10.1. The molecule has 1 aliphatic rings. The van der Waals surface area contributed by atoms with E-state index in [0.29, 0.717) is 24.6 Å². The molecule has 3 rings (SSSR count). The fraction of sp³-hybridized carbons (Fsp3) is 0.368. The van der Waals surface area contributed by atoms with Crippen molar-refractivity contribution >= 4 is 11.7 Å². The largest absolute Gasteiger partial charge is 0.490 e. The molecule has 1 aliphatic heterocycles. The van der Waals surface area contributed by atoms with Gasteiger partial charge in [-0.25, -0.2) is 4.98 Å². The average molecular weight is 341 g/mol. The summed E-state index contributed by atoms with van der Waals surface area (Å²) in [4.78, 5) is 18.8. The smallest absolute Gasteiger partial charge is 0.255 e. The van der Waals surface area contributed by atoms with Gasteiger partial charge >= 0.3 is 0 Å². The highest BCUT2D eigenvalue weighted by atomic mass is 16.5. The second-order valence-electron chi connectivity index (χ2n) is 6.22. The van der Waals surface area contributed by atoms with Crippen molar-refractivity contribution in [1.29, 1.82) is 0 Å². The van der Waals surface area contributed by atoms with Crippen LogP contribution < -0.4 is 19.7 Å². The molecule has 1 amide bonds. The minimum absolute atomic E-state index is 0.156. The van der Waals surface area contributed by atoms with Gasteiger partial charge in [-0.15, -0.1) is 0 Å². The van der Waals surface area contributed by atoms with E-state index in [1.54, 1.807) is 18.3 Å². The summed E-state index contributed by atoms with van der Waals surface area (Å²) >= 11 is 0. The number of nitrogens with zero attached hydrogens (tertiary/aromatic N) is 2. The standard InChI is InChI=1S/C19H23N3O3/c1-13(14-7-8-16-17(12-14)25-11-5-10-24-16)21-19(23)15-6-4-9-20-18(15)22(2)3/h4,6-9,12-13H,5,10-11H2,1-3H3,(H,21,23). The molecule has 0 aliphatic carbocycles. The van der Waals surface area contributed by atoms with Gasteiger partial charge in [0.25, 0.3) is 5.91 Å². The molecule has 1 atom stereocenters. The van der Waals surface area contributed by atoms with E-state index in [1.807, 2.05) is 44.1 Å². The number of anilines is 1. The number of ether oxygens (including phenoxy) is 2. The maximum atomic E-state index is 12.7. The summed E-state index contributed by atoms with van der Waals surface area (Å²) in [5.41, 5.74) is 1.52. The summed E-state index contributed by atoms with van der Waals surface area (Å²) in [5, 5.41) is 3.03. The highest BCUT2D eigenvalue weighted by Crippen LogP contribution is 2.32. The zero-order valence-electron chi connectivity index (χ0n) is 14.8. The molecule has 0 bridgehead atoms. The Kier molecular flexibility index (Phi) is 5.07. The van der Waals surface area contributed by atoms with E-state index in [2.05, 4.69) is 10.3 Å². The number of hydrogen-bond acceptors (Lipinski definition) is 5. The van der Waals surface area contributed by atoms with Crippen LogP contribution in [0.2, 0.25) is 0 Å². The van der Waals surface area contributed by atoms with Gasteiger partial charge in [0.05, 0.1) is 24.8 Å². The number of rotatable bonds is 4. The topological polar surface area (TPSA) is 63.7 Å². The first-order valence-electron chi connectivity index (χ1n) is 8.39. The summed E-state index contributed by atoms with van der Waals surface area (Å²) in [6, 6.07) is 9.16. The van der Waals surface area contributed by atoms with Crippen LogP contribution in [0.5, 0.6) is 11.5 Å². The molecule has 2 aromatic rings. The van der Waals surface area contributed by atoms with E-state index in [4.69, 9.17) is 9.47 Å². The van der Waals surface area contributed by atoms with E-state index in [0.717, 1.165) is 23.5 Å². The van der Waals surface area contributed by atoms with Crippen molar-refractivity contribution in [3.63, 3.8) is 0 Å². The van der Waals surface area contributed by atoms with Gasteiger partial charge in [-0.3, -0.25) is 4.79 Å². The molecule has 2 heterocycles. The first-order chi connectivity index (χ1) is 12.1. The van der Waals surface area contributed by atoms with Crippen LogP contribution in [0, 0.1) is 0 Å². The zero-order chi connectivity index (χ0) is 17.8. The van der Waals surface area contributed by atoms with E-state index in [-0.39, 0.29) is 11.9 Å². The predicted molar refractivity (Wildman–Crippen MR) is 96.5 cm³/mol. The maximum absolute atomic E-state index is 12.7. The fourth-order valence-electron chi connectivity index (χ4n) is 2.74. The van der Waals surface area contributed by atoms with E-state index in [9.17, 15) is 4.79 Å². The van der Waals surface area contributed by atoms with Gasteiger partial charge in [0, 0.05) is 26.7 Å². The summed E-state index contributed by atoms with van der Waals surface area (Å²) < 4.78 is 11.4. The first kappa shape index (κ1) is 17.1. The molecule has 6 nitrogen and oxygen atoms in total. The van der Waals surface area contributed by atoms with Crippen LogP contribution in [0.4, 0.5) is 5.82 Å². The van der Waals surface area contributed by atoms with Crippen LogP contribution in [0.15, 0.2) is 36.5 Å². The zero-order valence-corrected chi connectivity index (χ0v) is 14.8. The number of nitrogens with one attached hydrogen (secondary N) is 1. The van der Waals surface area contributed by atoms with Crippen LogP contribution in [-0.4, -0.2) is 38.2 Å². The minimum Gasteiger partial charge on any atom is -0.490 e. The number of aromatic nitrogens is 1. The molecule has 0 fully saturated rings. The van der Waals surface area contributed by atoms with Crippen LogP contribution in [-0.2, 0) is 0 Å². The van der Waals surface area contributed by atoms with Crippen molar-refractivity contribution in [2.45, 2.75) is 19.4 Å². The first-order valence-corrected chi connectivity index (χ1v) is 8.39. The average Bonchev–Trinajstić information content (AvgIpc) is 2.86. The van der Waals surface area contributed by atoms with Gasteiger partial charge in [0.1, 0.15) is 5.82 Å². The monoisotopic (exact) mass is 341 g/mol. The molecular formula is C19H23N3O3. The van der Waals surface area contributed by atoms with Crippen molar-refractivity contribution in [1.82, 2.24) is 10.3 Å². The number of fused-ring (bicyclic) bond motifs is 1. The Morgan fingerprint density at radius 1 is 1.20 bits per heavy atom. The van der Waals surface area contributed by atoms with Crippen molar-refractivity contribution in [2.75, 3.05) is 32.2 Å². The normalized spacial score (nSPS) is 14.4. The van der Waals surface area contributed by atoms with Gasteiger partial charge in [-0.05, 0) is 36.8 Å². The number of carbonyl (C=O) groups is 1. The molecule has 25 heavy (non-hydrogen) atoms. The lowest BCUT2D eigenvalue weighted by Crippen LogP contribution is -2.28. The number of pyridine rings is 1. The van der Waals surface area contributed by atoms with Gasteiger partial charge in [0.2, 0.25) is 0 Å². The Morgan fingerprint density at radius 2 is 1.96 bits per heavy atom. The summed E-state index contributed by atoms with van der Waals surface area (Å²) in [5.74, 6) is 1.97. The molecule has 132 valence electrons. The Labute approximate surface area is 147 Å². The molecule has 0 spiro atoms. The lowest BCUT2D eigenvalue weighted by Gasteiger charge is -2.19. The Balaban J connectivity index is 1.77. The molecular weight excluding hydrogens is 318 g/mol. The lowest BCUT2D eigenvalue weighted by molar-refractivity contribution is 0.0940. The Hall–Kier alpha value is -2.76. The number of carbonyl (C=O) groups excluding carboxylic acids is 1. The molecule has 0 saturated heterocycles. The predicted octanol–water partition coefficient (Wildman–Crippen LogP) is 2.80. The second kappa shape index (κ2) is 7.42. The van der Waals surface area contributed by atoms with Crippen molar-refractivity contribution in [2.24, 2.45) is 0 Å². The SMILES string of the molecule is CC(NC(=O)c1cccnc1N(C)C)c1ccc2c(c1)OCCCO2. The van der Waals surface area contributed by atoms with Gasteiger partial charge in [-0.2, -0.15) is 0 Å². The molecule has 0 radical (unpaired) electrons. The number of hydrogen-bond donors (Lipinski definition) is 1. The Morgan fingerprint density at radius 3 is 2.72 bits per heavy atom. The van der Waals surface area contributed by atoms with Crippen LogP contribution in [0.25, 0.3) is 0 Å². The fourth-order valence-corrected chi connectivity index (χ4v) is 2.74. The third-order valence-corrected chi connectivity index (χ3v) is 4.07. The maximum Gasteiger partial charge on any atom is 0.255 e. The highest BCUT2D eigenvalue weighted by Gasteiger charge is 2.18. The highest BCUT2D eigenvalue weighted by molar-refractivity contribution is 5.99. The molecule has 1 N–H and O–H groups in total. The van der Waals surface area contributed by atoms with Crippen LogP contribution in [0.1, 0.15) is 35.3 Å².